The highest BCUT2D eigenvalue weighted by Gasteiger charge is 2.03. The predicted octanol–water partition coefficient (Wildman–Crippen LogP) is 1.57. The standard InChI is InChI=1S/C12H17NO3/c1-10(4-2-8-14)13-12(15)7-6-11-5-3-9-16-11/h3,5-7,9-10,14H,2,4,8H2,1H3,(H,13,15). The minimum atomic E-state index is -0.151. The van der Waals surface area contributed by atoms with E-state index >= 15 is 0 Å². The molecule has 1 amide bonds. The normalized spacial score (nSPS) is 12.9. The van der Waals surface area contributed by atoms with Crippen LogP contribution in [0.25, 0.3) is 6.08 Å². The van der Waals surface area contributed by atoms with Gasteiger partial charge in [-0.2, -0.15) is 0 Å². The summed E-state index contributed by atoms with van der Waals surface area (Å²) in [6.45, 7) is 2.07. The van der Waals surface area contributed by atoms with Crippen LogP contribution < -0.4 is 5.32 Å². The van der Waals surface area contributed by atoms with Crippen molar-refractivity contribution in [1.82, 2.24) is 5.32 Å². The summed E-state index contributed by atoms with van der Waals surface area (Å²) in [4.78, 5) is 11.4. The number of amides is 1. The first kappa shape index (κ1) is 12.5. The molecular weight excluding hydrogens is 206 g/mol. The molecule has 1 aromatic heterocycles. The van der Waals surface area contributed by atoms with Crippen LogP contribution in [0.5, 0.6) is 0 Å². The van der Waals surface area contributed by atoms with Crippen molar-refractivity contribution in [3.63, 3.8) is 0 Å². The lowest BCUT2D eigenvalue weighted by Gasteiger charge is -2.10. The fourth-order valence-corrected chi connectivity index (χ4v) is 1.30. The average Bonchev–Trinajstić information content (AvgIpc) is 2.76. The number of hydrogen-bond acceptors (Lipinski definition) is 3. The van der Waals surface area contributed by atoms with E-state index in [-0.39, 0.29) is 18.6 Å². The summed E-state index contributed by atoms with van der Waals surface area (Å²) in [7, 11) is 0. The Hall–Kier alpha value is -1.55. The number of carbonyl (C=O) groups is 1. The molecule has 0 aliphatic heterocycles. The molecule has 0 aliphatic rings. The lowest BCUT2D eigenvalue weighted by atomic mass is 10.2. The minimum Gasteiger partial charge on any atom is -0.465 e. The third kappa shape index (κ3) is 4.79. The van der Waals surface area contributed by atoms with E-state index in [1.165, 1.54) is 6.08 Å². The highest BCUT2D eigenvalue weighted by atomic mass is 16.3. The Bertz CT molecular complexity index is 330. The largest absolute Gasteiger partial charge is 0.465 e. The molecule has 4 heteroatoms. The summed E-state index contributed by atoms with van der Waals surface area (Å²) in [6, 6.07) is 3.61. The first-order valence-corrected chi connectivity index (χ1v) is 5.35. The van der Waals surface area contributed by atoms with Gasteiger partial charge in [-0.05, 0) is 38.0 Å². The van der Waals surface area contributed by atoms with Crippen LogP contribution >= 0.6 is 0 Å². The molecule has 1 rings (SSSR count). The molecular formula is C12H17NO3. The van der Waals surface area contributed by atoms with Crippen molar-refractivity contribution < 1.29 is 14.3 Å². The number of aliphatic hydroxyl groups excluding tert-OH is 1. The second kappa shape index (κ2) is 6.85. The van der Waals surface area contributed by atoms with Crippen molar-refractivity contribution in [3.8, 4) is 0 Å². The van der Waals surface area contributed by atoms with Crippen molar-refractivity contribution >= 4 is 12.0 Å². The third-order valence-electron chi connectivity index (χ3n) is 2.13. The molecule has 0 bridgehead atoms. The molecule has 2 N–H and O–H groups in total. The predicted molar refractivity (Wildman–Crippen MR) is 61.7 cm³/mol. The maximum atomic E-state index is 11.4. The molecule has 0 saturated heterocycles. The molecule has 0 radical (unpaired) electrons. The van der Waals surface area contributed by atoms with Crippen LogP contribution in [0, 0.1) is 0 Å². The first-order valence-electron chi connectivity index (χ1n) is 5.35. The van der Waals surface area contributed by atoms with Gasteiger partial charge in [-0.25, -0.2) is 0 Å². The molecule has 1 heterocycles. The summed E-state index contributed by atoms with van der Waals surface area (Å²) in [5.41, 5.74) is 0. The van der Waals surface area contributed by atoms with E-state index in [1.54, 1.807) is 24.5 Å². The maximum absolute atomic E-state index is 11.4. The van der Waals surface area contributed by atoms with Gasteiger partial charge in [-0.15, -0.1) is 0 Å². The number of furan rings is 1. The lowest BCUT2D eigenvalue weighted by molar-refractivity contribution is -0.117. The topological polar surface area (TPSA) is 62.5 Å². The monoisotopic (exact) mass is 223 g/mol. The summed E-state index contributed by atoms with van der Waals surface area (Å²) in [5, 5.41) is 11.4. The third-order valence-corrected chi connectivity index (χ3v) is 2.13. The highest BCUT2D eigenvalue weighted by Crippen LogP contribution is 2.02. The van der Waals surface area contributed by atoms with Gasteiger partial charge < -0.3 is 14.8 Å². The fraction of sp³-hybridized carbons (Fsp3) is 0.417. The van der Waals surface area contributed by atoms with Crippen LogP contribution in [-0.2, 0) is 4.79 Å². The van der Waals surface area contributed by atoms with Crippen LogP contribution in [0.4, 0.5) is 0 Å². The van der Waals surface area contributed by atoms with Crippen LogP contribution in [0.15, 0.2) is 28.9 Å². The Balaban J connectivity index is 2.30. The van der Waals surface area contributed by atoms with Gasteiger partial charge in [-0.1, -0.05) is 0 Å². The summed E-state index contributed by atoms with van der Waals surface area (Å²) >= 11 is 0. The SMILES string of the molecule is CC(CCCO)NC(=O)C=Cc1ccco1. The van der Waals surface area contributed by atoms with Crippen molar-refractivity contribution in [2.45, 2.75) is 25.8 Å². The first-order chi connectivity index (χ1) is 7.72. The highest BCUT2D eigenvalue weighted by molar-refractivity contribution is 5.91. The van der Waals surface area contributed by atoms with Gasteiger partial charge in [0.1, 0.15) is 5.76 Å². The van der Waals surface area contributed by atoms with Gasteiger partial charge in [0.25, 0.3) is 0 Å². The van der Waals surface area contributed by atoms with Gasteiger partial charge >= 0.3 is 0 Å². The Morgan fingerprint density at radius 1 is 1.69 bits per heavy atom. The molecule has 0 aliphatic carbocycles. The molecule has 0 aromatic carbocycles. The second-order valence-electron chi connectivity index (χ2n) is 3.62. The summed E-state index contributed by atoms with van der Waals surface area (Å²) in [6.07, 6.45) is 6.09. The number of rotatable bonds is 6. The zero-order valence-electron chi connectivity index (χ0n) is 9.35. The molecule has 4 nitrogen and oxygen atoms in total. The van der Waals surface area contributed by atoms with E-state index in [9.17, 15) is 4.79 Å². The fourth-order valence-electron chi connectivity index (χ4n) is 1.30. The van der Waals surface area contributed by atoms with E-state index < -0.39 is 0 Å². The van der Waals surface area contributed by atoms with Gasteiger partial charge in [0, 0.05) is 18.7 Å². The lowest BCUT2D eigenvalue weighted by Crippen LogP contribution is -2.31. The Morgan fingerprint density at radius 2 is 2.50 bits per heavy atom. The average molecular weight is 223 g/mol. The Morgan fingerprint density at radius 3 is 3.12 bits per heavy atom. The molecule has 1 unspecified atom stereocenters. The number of aliphatic hydroxyl groups is 1. The van der Waals surface area contributed by atoms with Gasteiger partial charge in [0.15, 0.2) is 0 Å². The van der Waals surface area contributed by atoms with Crippen LogP contribution in [-0.4, -0.2) is 23.7 Å². The molecule has 0 saturated carbocycles. The van der Waals surface area contributed by atoms with Crippen molar-refractivity contribution in [1.29, 1.82) is 0 Å². The zero-order chi connectivity index (χ0) is 11.8. The van der Waals surface area contributed by atoms with Gasteiger partial charge in [0.2, 0.25) is 5.91 Å². The van der Waals surface area contributed by atoms with Gasteiger partial charge in [-0.3, -0.25) is 4.79 Å². The Labute approximate surface area is 95.0 Å². The molecule has 16 heavy (non-hydrogen) atoms. The maximum Gasteiger partial charge on any atom is 0.244 e. The second-order valence-corrected chi connectivity index (χ2v) is 3.62. The van der Waals surface area contributed by atoms with E-state index in [0.717, 1.165) is 6.42 Å². The van der Waals surface area contributed by atoms with Gasteiger partial charge in [0.05, 0.1) is 6.26 Å². The quantitative estimate of drug-likeness (QED) is 0.719. The molecule has 1 atom stereocenters. The van der Waals surface area contributed by atoms with Crippen LogP contribution in [0.2, 0.25) is 0 Å². The molecule has 1 aromatic rings. The van der Waals surface area contributed by atoms with Crippen molar-refractivity contribution in [3.05, 3.63) is 30.2 Å². The van der Waals surface area contributed by atoms with E-state index in [4.69, 9.17) is 9.52 Å². The zero-order valence-corrected chi connectivity index (χ0v) is 9.35. The summed E-state index contributed by atoms with van der Waals surface area (Å²) < 4.78 is 5.05. The number of hydrogen-bond donors (Lipinski definition) is 2. The van der Waals surface area contributed by atoms with E-state index in [2.05, 4.69) is 5.32 Å². The van der Waals surface area contributed by atoms with Crippen LogP contribution in [0.1, 0.15) is 25.5 Å². The number of nitrogens with one attached hydrogen (secondary N) is 1. The smallest absolute Gasteiger partial charge is 0.244 e. The van der Waals surface area contributed by atoms with E-state index in [1.807, 2.05) is 6.92 Å². The number of carbonyl (C=O) groups excluding carboxylic acids is 1. The molecule has 0 spiro atoms. The molecule has 0 fully saturated rings. The summed E-state index contributed by atoms with van der Waals surface area (Å²) in [5.74, 6) is 0.500. The van der Waals surface area contributed by atoms with E-state index in [0.29, 0.717) is 12.2 Å². The minimum absolute atomic E-state index is 0.0703. The van der Waals surface area contributed by atoms with Crippen LogP contribution in [0.3, 0.4) is 0 Å². The van der Waals surface area contributed by atoms with Crippen molar-refractivity contribution in [2.24, 2.45) is 0 Å². The van der Waals surface area contributed by atoms with Crippen molar-refractivity contribution in [2.75, 3.05) is 6.61 Å². The molecule has 88 valence electrons. The Kier molecular flexibility index (Phi) is 5.36.